The Morgan fingerprint density at radius 3 is 2.19 bits per heavy atom. The first-order chi connectivity index (χ1) is 17.1. The number of amides is 2. The highest BCUT2D eigenvalue weighted by Crippen LogP contribution is 2.39. The average Bonchev–Trinajstić information content (AvgIpc) is 3.33. The van der Waals surface area contributed by atoms with Crippen molar-refractivity contribution in [2.75, 3.05) is 13.1 Å². The summed E-state index contributed by atoms with van der Waals surface area (Å²) in [6.07, 6.45) is -3.32. The number of likely N-dealkylation sites (tertiary alicyclic amines) is 1. The van der Waals surface area contributed by atoms with Crippen LogP contribution >= 0.6 is 0 Å². The molecule has 0 atom stereocenters. The molecule has 0 unspecified atom stereocenters. The number of urea groups is 1. The summed E-state index contributed by atoms with van der Waals surface area (Å²) in [5.41, 5.74) is 1.56. The SMILES string of the molecule is CC(C)N(O)C(=O)N1CCC(c2nc(-c3ccc(C(F)(F)F)cc3)c(-c3ccc(CO)cc3)o2)CC1. The highest BCUT2D eigenvalue weighted by Gasteiger charge is 2.32. The zero-order valence-electron chi connectivity index (χ0n) is 20.0. The van der Waals surface area contributed by atoms with Crippen LogP contribution in [0.4, 0.5) is 18.0 Å². The van der Waals surface area contributed by atoms with E-state index in [0.29, 0.717) is 65.0 Å². The number of aromatic nitrogens is 1. The van der Waals surface area contributed by atoms with Gasteiger partial charge in [0.25, 0.3) is 0 Å². The van der Waals surface area contributed by atoms with Crippen LogP contribution in [0.5, 0.6) is 0 Å². The Kier molecular flexibility index (Phi) is 7.37. The Balaban J connectivity index is 1.63. The van der Waals surface area contributed by atoms with Crippen LogP contribution in [0.15, 0.2) is 52.9 Å². The fourth-order valence-electron chi connectivity index (χ4n) is 4.16. The van der Waals surface area contributed by atoms with Gasteiger partial charge >= 0.3 is 12.2 Å². The molecule has 10 heteroatoms. The lowest BCUT2D eigenvalue weighted by atomic mass is 9.97. The molecule has 192 valence electrons. The predicted octanol–water partition coefficient (Wildman–Crippen LogP) is 5.92. The van der Waals surface area contributed by atoms with Gasteiger partial charge < -0.3 is 14.4 Å². The number of hydrogen-bond donors (Lipinski definition) is 2. The third-order valence-corrected chi connectivity index (χ3v) is 6.33. The number of carbonyl (C=O) groups excluding carboxylic acids is 1. The Bertz CT molecular complexity index is 1180. The van der Waals surface area contributed by atoms with E-state index in [9.17, 15) is 28.3 Å². The molecule has 0 spiro atoms. The first kappa shape index (κ1) is 25.7. The van der Waals surface area contributed by atoms with Crippen molar-refractivity contribution in [2.24, 2.45) is 0 Å². The number of aliphatic hydroxyl groups excluding tert-OH is 1. The Hall–Kier alpha value is -3.37. The molecule has 1 aliphatic rings. The second-order valence-electron chi connectivity index (χ2n) is 9.14. The molecule has 0 bridgehead atoms. The highest BCUT2D eigenvalue weighted by molar-refractivity contribution is 5.77. The van der Waals surface area contributed by atoms with Crippen molar-refractivity contribution in [3.05, 3.63) is 65.5 Å². The van der Waals surface area contributed by atoms with Crippen molar-refractivity contribution in [1.82, 2.24) is 14.9 Å². The van der Waals surface area contributed by atoms with E-state index in [-0.39, 0.29) is 18.6 Å². The summed E-state index contributed by atoms with van der Waals surface area (Å²) >= 11 is 0. The normalized spacial score (nSPS) is 14.9. The highest BCUT2D eigenvalue weighted by atomic mass is 19.4. The number of benzene rings is 2. The number of aliphatic hydroxyl groups is 1. The van der Waals surface area contributed by atoms with Crippen LogP contribution in [-0.2, 0) is 12.8 Å². The van der Waals surface area contributed by atoms with Gasteiger partial charge in [-0.05, 0) is 44.4 Å². The number of hydroxylamine groups is 2. The zero-order valence-corrected chi connectivity index (χ0v) is 20.0. The fourth-order valence-corrected chi connectivity index (χ4v) is 4.16. The smallest absolute Gasteiger partial charge is 0.416 e. The van der Waals surface area contributed by atoms with Gasteiger partial charge in [-0.15, -0.1) is 0 Å². The number of piperidine rings is 1. The number of rotatable bonds is 5. The molecule has 0 aliphatic carbocycles. The molecule has 1 saturated heterocycles. The molecule has 2 amide bonds. The zero-order chi connectivity index (χ0) is 26.0. The maximum Gasteiger partial charge on any atom is 0.416 e. The third-order valence-electron chi connectivity index (χ3n) is 6.33. The van der Waals surface area contributed by atoms with Crippen molar-refractivity contribution in [1.29, 1.82) is 0 Å². The largest absolute Gasteiger partial charge is 0.440 e. The molecule has 36 heavy (non-hydrogen) atoms. The summed E-state index contributed by atoms with van der Waals surface area (Å²) in [4.78, 5) is 18.7. The van der Waals surface area contributed by atoms with Crippen LogP contribution in [0.3, 0.4) is 0 Å². The number of alkyl halides is 3. The van der Waals surface area contributed by atoms with Crippen molar-refractivity contribution in [2.45, 2.75) is 51.4 Å². The molecule has 2 N–H and O–H groups in total. The van der Waals surface area contributed by atoms with Gasteiger partial charge in [-0.1, -0.05) is 36.4 Å². The molecule has 7 nitrogen and oxygen atoms in total. The van der Waals surface area contributed by atoms with Crippen molar-refractivity contribution in [3.63, 3.8) is 0 Å². The van der Waals surface area contributed by atoms with Crippen molar-refractivity contribution >= 4 is 6.03 Å². The van der Waals surface area contributed by atoms with Crippen molar-refractivity contribution in [3.8, 4) is 22.6 Å². The fraction of sp³-hybridized carbons (Fsp3) is 0.385. The molecule has 2 aromatic carbocycles. The first-order valence-corrected chi connectivity index (χ1v) is 11.7. The van der Waals surface area contributed by atoms with Crippen LogP contribution in [0.1, 0.15) is 49.6 Å². The third kappa shape index (κ3) is 5.39. The van der Waals surface area contributed by atoms with Crippen LogP contribution in [0, 0.1) is 0 Å². The molecular weight excluding hydrogens is 475 g/mol. The molecular formula is C26H28F3N3O4. The molecule has 1 fully saturated rings. The lowest BCUT2D eigenvalue weighted by Gasteiger charge is -2.33. The van der Waals surface area contributed by atoms with Crippen LogP contribution in [0.25, 0.3) is 22.6 Å². The van der Waals surface area contributed by atoms with Crippen LogP contribution in [0.2, 0.25) is 0 Å². The van der Waals surface area contributed by atoms with Gasteiger partial charge in [-0.3, -0.25) is 5.21 Å². The van der Waals surface area contributed by atoms with E-state index in [1.807, 2.05) is 0 Å². The number of oxazole rings is 1. The number of halogens is 3. The summed E-state index contributed by atoms with van der Waals surface area (Å²) in [6, 6.07) is 11.0. The number of hydrogen-bond acceptors (Lipinski definition) is 5. The molecule has 0 saturated carbocycles. The van der Waals surface area contributed by atoms with Gasteiger partial charge in [0.1, 0.15) is 5.69 Å². The minimum absolute atomic E-state index is 0.0982. The quantitative estimate of drug-likeness (QED) is 0.333. The summed E-state index contributed by atoms with van der Waals surface area (Å²) in [5.74, 6) is 0.774. The Labute approximate surface area is 206 Å². The van der Waals surface area contributed by atoms with E-state index in [2.05, 4.69) is 4.98 Å². The molecule has 3 aromatic rings. The maximum atomic E-state index is 13.1. The van der Waals surface area contributed by atoms with Crippen LogP contribution < -0.4 is 0 Å². The monoisotopic (exact) mass is 503 g/mol. The Morgan fingerprint density at radius 2 is 1.67 bits per heavy atom. The van der Waals surface area contributed by atoms with Gasteiger partial charge in [0.2, 0.25) is 0 Å². The molecule has 2 heterocycles. The second kappa shape index (κ2) is 10.3. The number of nitrogens with zero attached hydrogens (tertiary/aromatic N) is 3. The standard InChI is InChI=1S/C26H28F3N3O4/c1-16(2)32(35)25(34)31-13-11-20(12-14-31)24-30-22(18-7-9-21(10-8-18)26(27,28)29)23(36-24)19-5-3-17(15-33)4-6-19/h3-10,16,20,33,35H,11-15H2,1-2H3. The minimum atomic E-state index is -4.44. The second-order valence-corrected chi connectivity index (χ2v) is 9.14. The summed E-state index contributed by atoms with van der Waals surface area (Å²) in [5, 5.41) is 20.0. The van der Waals surface area contributed by atoms with E-state index in [1.165, 1.54) is 12.1 Å². The molecule has 0 radical (unpaired) electrons. The van der Waals surface area contributed by atoms with E-state index in [4.69, 9.17) is 4.42 Å². The van der Waals surface area contributed by atoms with Crippen molar-refractivity contribution < 1.29 is 32.7 Å². The minimum Gasteiger partial charge on any atom is -0.440 e. The lowest BCUT2D eigenvalue weighted by Crippen LogP contribution is -2.47. The van der Waals surface area contributed by atoms with Gasteiger partial charge in [-0.2, -0.15) is 13.2 Å². The lowest BCUT2D eigenvalue weighted by molar-refractivity contribution is -0.137. The topological polar surface area (TPSA) is 90.0 Å². The van der Waals surface area contributed by atoms with E-state index in [1.54, 1.807) is 43.0 Å². The van der Waals surface area contributed by atoms with E-state index < -0.39 is 17.8 Å². The number of carbonyl (C=O) groups is 1. The van der Waals surface area contributed by atoms with Gasteiger partial charge in [0.15, 0.2) is 11.7 Å². The molecule has 1 aliphatic heterocycles. The first-order valence-electron chi connectivity index (χ1n) is 11.7. The van der Waals surface area contributed by atoms with E-state index in [0.717, 1.165) is 12.1 Å². The summed E-state index contributed by atoms with van der Waals surface area (Å²) < 4.78 is 45.4. The van der Waals surface area contributed by atoms with Crippen LogP contribution in [-0.4, -0.2) is 50.4 Å². The van der Waals surface area contributed by atoms with Gasteiger partial charge in [0, 0.05) is 30.1 Å². The summed E-state index contributed by atoms with van der Waals surface area (Å²) in [7, 11) is 0. The summed E-state index contributed by atoms with van der Waals surface area (Å²) in [6.45, 7) is 4.13. The van der Waals surface area contributed by atoms with Gasteiger partial charge in [0.05, 0.1) is 18.2 Å². The Morgan fingerprint density at radius 1 is 1.08 bits per heavy atom. The molecule has 1 aromatic heterocycles. The predicted molar refractivity (Wildman–Crippen MR) is 126 cm³/mol. The average molecular weight is 504 g/mol. The molecule has 4 rings (SSSR count). The van der Waals surface area contributed by atoms with Gasteiger partial charge in [-0.25, -0.2) is 14.8 Å². The van der Waals surface area contributed by atoms with E-state index >= 15 is 0 Å². The maximum absolute atomic E-state index is 13.1.